The molecule has 128 valence electrons. The first-order valence-electron chi connectivity index (χ1n) is 8.34. The van der Waals surface area contributed by atoms with Crippen LogP contribution in [0.3, 0.4) is 0 Å². The van der Waals surface area contributed by atoms with Gasteiger partial charge in [0.15, 0.2) is 11.5 Å². The second kappa shape index (κ2) is 7.21. The van der Waals surface area contributed by atoms with Crippen molar-refractivity contribution in [2.45, 2.75) is 13.8 Å². The van der Waals surface area contributed by atoms with Crippen LogP contribution in [0.1, 0.15) is 13.8 Å². The van der Waals surface area contributed by atoms with Crippen LogP contribution in [0.25, 0.3) is 10.8 Å². The number of aromatic hydroxyl groups is 2. The minimum atomic E-state index is -0.262. The van der Waals surface area contributed by atoms with Crippen LogP contribution >= 0.6 is 0 Å². The average Bonchev–Trinajstić information content (AvgIpc) is 2.64. The van der Waals surface area contributed by atoms with Gasteiger partial charge in [0.05, 0.1) is 5.69 Å². The summed E-state index contributed by atoms with van der Waals surface area (Å²) in [5, 5.41) is 30.0. The summed E-state index contributed by atoms with van der Waals surface area (Å²) in [6.07, 6.45) is 0. The van der Waals surface area contributed by atoms with Crippen molar-refractivity contribution >= 4 is 27.8 Å². The first kappa shape index (κ1) is 16.8. The van der Waals surface area contributed by atoms with E-state index in [9.17, 15) is 10.2 Å². The molecular weight excluding hydrogens is 314 g/mol. The first-order chi connectivity index (χ1) is 12.1. The molecule has 0 spiro atoms. The summed E-state index contributed by atoms with van der Waals surface area (Å²) in [4.78, 5) is 2.25. The van der Waals surface area contributed by atoms with Gasteiger partial charge in [-0.15, -0.1) is 5.11 Å². The quantitative estimate of drug-likeness (QED) is 0.477. The van der Waals surface area contributed by atoms with E-state index in [0.717, 1.165) is 29.5 Å². The first-order valence-corrected chi connectivity index (χ1v) is 8.34. The molecule has 0 aliphatic rings. The number of azo groups is 1. The number of nitrogens with zero attached hydrogens (tertiary/aromatic N) is 3. The molecule has 0 bridgehead atoms. The number of fused-ring (bicyclic) bond motifs is 1. The van der Waals surface area contributed by atoms with Crippen molar-refractivity contribution in [3.8, 4) is 11.5 Å². The van der Waals surface area contributed by atoms with Gasteiger partial charge in [-0.1, -0.05) is 24.3 Å². The van der Waals surface area contributed by atoms with E-state index in [1.54, 1.807) is 0 Å². The smallest absolute Gasteiger partial charge is 0.186 e. The molecule has 0 amide bonds. The third-order valence-corrected chi connectivity index (χ3v) is 4.22. The molecule has 0 aliphatic heterocycles. The van der Waals surface area contributed by atoms with Crippen LogP contribution in [-0.4, -0.2) is 23.3 Å². The van der Waals surface area contributed by atoms with Crippen molar-refractivity contribution < 1.29 is 10.2 Å². The van der Waals surface area contributed by atoms with Gasteiger partial charge in [0.25, 0.3) is 0 Å². The maximum Gasteiger partial charge on any atom is 0.186 e. The van der Waals surface area contributed by atoms with Crippen molar-refractivity contribution in [1.29, 1.82) is 0 Å². The van der Waals surface area contributed by atoms with Gasteiger partial charge in [0.1, 0.15) is 5.69 Å². The Balaban J connectivity index is 1.95. The third kappa shape index (κ3) is 3.40. The normalized spacial score (nSPS) is 11.3. The minimum Gasteiger partial charge on any atom is -0.504 e. The molecule has 0 atom stereocenters. The zero-order chi connectivity index (χ0) is 17.8. The molecule has 3 rings (SSSR count). The lowest BCUT2D eigenvalue weighted by Crippen LogP contribution is -2.21. The van der Waals surface area contributed by atoms with Gasteiger partial charge in [0.2, 0.25) is 0 Å². The van der Waals surface area contributed by atoms with Crippen molar-refractivity contribution in [3.63, 3.8) is 0 Å². The third-order valence-electron chi connectivity index (χ3n) is 4.22. The highest BCUT2D eigenvalue weighted by Crippen LogP contribution is 2.42. The Labute approximate surface area is 146 Å². The zero-order valence-corrected chi connectivity index (χ0v) is 14.3. The molecular formula is C20H21N3O2. The molecule has 3 aromatic carbocycles. The Morgan fingerprint density at radius 1 is 0.880 bits per heavy atom. The van der Waals surface area contributed by atoms with Crippen LogP contribution in [0.15, 0.2) is 64.8 Å². The fourth-order valence-corrected chi connectivity index (χ4v) is 2.83. The highest BCUT2D eigenvalue weighted by atomic mass is 16.3. The van der Waals surface area contributed by atoms with Gasteiger partial charge in [-0.3, -0.25) is 0 Å². The number of rotatable bonds is 5. The maximum atomic E-state index is 10.1. The molecule has 3 aromatic rings. The Hall–Kier alpha value is -3.08. The van der Waals surface area contributed by atoms with E-state index >= 15 is 0 Å². The molecule has 2 N–H and O–H groups in total. The number of phenols is 2. The molecule has 5 nitrogen and oxygen atoms in total. The summed E-state index contributed by atoms with van der Waals surface area (Å²) < 4.78 is 0. The van der Waals surface area contributed by atoms with Crippen LogP contribution in [0.5, 0.6) is 11.5 Å². The van der Waals surface area contributed by atoms with Crippen LogP contribution in [-0.2, 0) is 0 Å². The predicted molar refractivity (Wildman–Crippen MR) is 101 cm³/mol. The number of phenolic OH excluding ortho intramolecular Hbond substituents is 2. The predicted octanol–water partition coefficient (Wildman–Crippen LogP) is 5.51. The van der Waals surface area contributed by atoms with Crippen LogP contribution in [0.4, 0.5) is 17.1 Å². The lowest BCUT2D eigenvalue weighted by Gasteiger charge is -2.20. The average molecular weight is 335 g/mol. The molecule has 0 fully saturated rings. The monoisotopic (exact) mass is 335 g/mol. The Morgan fingerprint density at radius 3 is 2.24 bits per heavy atom. The molecule has 0 unspecified atom stereocenters. The van der Waals surface area contributed by atoms with E-state index in [-0.39, 0.29) is 17.2 Å². The van der Waals surface area contributed by atoms with Gasteiger partial charge in [-0.2, -0.15) is 5.11 Å². The molecule has 0 aromatic heterocycles. The fourth-order valence-electron chi connectivity index (χ4n) is 2.83. The SMILES string of the molecule is CCN(CC)c1ccc(N=Nc2c(O)c(O)cc3ccccc23)cc1. The van der Waals surface area contributed by atoms with E-state index in [0.29, 0.717) is 5.69 Å². The molecule has 0 radical (unpaired) electrons. The molecule has 0 saturated carbocycles. The van der Waals surface area contributed by atoms with Gasteiger partial charge >= 0.3 is 0 Å². The summed E-state index contributed by atoms with van der Waals surface area (Å²) in [6.45, 7) is 6.13. The van der Waals surface area contributed by atoms with E-state index < -0.39 is 0 Å². The highest BCUT2D eigenvalue weighted by molar-refractivity contribution is 5.97. The standard InChI is InChI=1S/C20H21N3O2/c1-3-23(4-2)16-11-9-15(10-12-16)21-22-19-17-8-6-5-7-14(17)13-18(24)20(19)25/h5-13,24-25H,3-4H2,1-2H3. The van der Waals surface area contributed by atoms with E-state index in [2.05, 4.69) is 29.0 Å². The summed E-state index contributed by atoms with van der Waals surface area (Å²) in [5.41, 5.74) is 2.08. The number of hydrogen-bond donors (Lipinski definition) is 2. The van der Waals surface area contributed by atoms with Gasteiger partial charge in [0, 0.05) is 24.2 Å². The Bertz CT molecular complexity index is 901. The molecule has 0 saturated heterocycles. The lowest BCUT2D eigenvalue weighted by atomic mass is 10.1. The second-order valence-electron chi connectivity index (χ2n) is 5.70. The van der Waals surface area contributed by atoms with Crippen LogP contribution < -0.4 is 4.90 Å². The Morgan fingerprint density at radius 2 is 1.56 bits per heavy atom. The largest absolute Gasteiger partial charge is 0.504 e. The van der Waals surface area contributed by atoms with E-state index in [1.807, 2.05) is 48.5 Å². The topological polar surface area (TPSA) is 68.4 Å². The Kier molecular flexibility index (Phi) is 4.84. The fraction of sp³-hybridized carbons (Fsp3) is 0.200. The van der Waals surface area contributed by atoms with Gasteiger partial charge in [-0.05, 0) is 49.6 Å². The maximum absolute atomic E-state index is 10.1. The summed E-state index contributed by atoms with van der Waals surface area (Å²) >= 11 is 0. The summed E-state index contributed by atoms with van der Waals surface area (Å²) in [5.74, 6) is -0.466. The van der Waals surface area contributed by atoms with Crippen molar-refractivity contribution in [2.75, 3.05) is 18.0 Å². The van der Waals surface area contributed by atoms with Gasteiger partial charge < -0.3 is 15.1 Å². The molecule has 0 aliphatic carbocycles. The molecule has 0 heterocycles. The highest BCUT2D eigenvalue weighted by Gasteiger charge is 2.11. The zero-order valence-electron chi connectivity index (χ0n) is 14.3. The van der Waals surface area contributed by atoms with Crippen LogP contribution in [0.2, 0.25) is 0 Å². The summed E-state index contributed by atoms with van der Waals surface area (Å²) in [7, 11) is 0. The second-order valence-corrected chi connectivity index (χ2v) is 5.70. The van der Waals surface area contributed by atoms with Crippen molar-refractivity contribution in [3.05, 3.63) is 54.6 Å². The van der Waals surface area contributed by atoms with E-state index in [1.165, 1.54) is 6.07 Å². The number of anilines is 1. The minimum absolute atomic E-state index is 0.204. The number of benzene rings is 3. The molecule has 25 heavy (non-hydrogen) atoms. The summed E-state index contributed by atoms with van der Waals surface area (Å²) in [6, 6.07) is 16.7. The lowest BCUT2D eigenvalue weighted by molar-refractivity contribution is 0.406. The van der Waals surface area contributed by atoms with Crippen molar-refractivity contribution in [1.82, 2.24) is 0 Å². The van der Waals surface area contributed by atoms with Gasteiger partial charge in [-0.25, -0.2) is 0 Å². The van der Waals surface area contributed by atoms with E-state index in [4.69, 9.17) is 0 Å². The number of hydrogen-bond acceptors (Lipinski definition) is 5. The van der Waals surface area contributed by atoms with Crippen LogP contribution in [0, 0.1) is 0 Å². The van der Waals surface area contributed by atoms with Crippen molar-refractivity contribution in [2.24, 2.45) is 10.2 Å². The molecule has 5 heteroatoms.